The lowest BCUT2D eigenvalue weighted by Gasteiger charge is -2.35. The third-order valence-electron chi connectivity index (χ3n) is 10.8. The van der Waals surface area contributed by atoms with Gasteiger partial charge in [-0.05, 0) is 70.1 Å². The Morgan fingerprint density at radius 1 is 0.738 bits per heavy atom. The lowest BCUT2D eigenvalue weighted by Crippen LogP contribution is -2.60. The number of hydrogen-bond donors (Lipinski definition) is 10. The molecule has 0 aromatic heterocycles. The predicted molar refractivity (Wildman–Crippen MR) is 238 cm³/mol. The number of nitrogens with zero attached hydrogens (tertiary/aromatic N) is 3. The number of fused-ring (bicyclic) bond motifs is 1. The Morgan fingerprint density at radius 2 is 1.31 bits per heavy atom. The van der Waals surface area contributed by atoms with Gasteiger partial charge in [0.1, 0.15) is 36.3 Å². The summed E-state index contributed by atoms with van der Waals surface area (Å²) in [6.45, 7) is 9.65. The highest BCUT2D eigenvalue weighted by Crippen LogP contribution is 2.24. The summed E-state index contributed by atoms with van der Waals surface area (Å²) in [5.74, 6) is -8.16. The van der Waals surface area contributed by atoms with Crippen molar-refractivity contribution < 1.29 is 53.1 Å². The Bertz CT molecular complexity index is 1720. The number of carbonyl (C=O) groups excluding carboxylic acids is 9. The molecule has 0 aliphatic carbocycles. The molecule has 2 saturated heterocycles. The van der Waals surface area contributed by atoms with Crippen LogP contribution in [0.5, 0.6) is 0 Å². The zero-order valence-corrected chi connectivity index (χ0v) is 38.7. The van der Waals surface area contributed by atoms with E-state index in [-0.39, 0.29) is 75.4 Å². The SMILES string of the molecule is CC(=O)NCCCCCCN1C(=O)[C@H]2CCCN2C(=O)[C@H](CC(C)C)NC(=O)[C@H](CC(=O)O)NC(=O)CNC(=O)[C@H](CCCN=C(N)N)NC(=O)[C@H](CC(C)C)NC(=O)CNC(=O)[C@@H]1C. The zero-order valence-electron chi connectivity index (χ0n) is 38.7. The molecule has 65 heavy (non-hydrogen) atoms. The van der Waals surface area contributed by atoms with Gasteiger partial charge in [0.05, 0.1) is 19.5 Å². The van der Waals surface area contributed by atoms with Crippen LogP contribution in [0.25, 0.3) is 0 Å². The molecule has 0 radical (unpaired) electrons. The fraction of sp³-hybridized carbons (Fsp3) is 0.738. The number of carbonyl (C=O) groups is 10. The van der Waals surface area contributed by atoms with Gasteiger partial charge < -0.3 is 63.6 Å². The van der Waals surface area contributed by atoms with Gasteiger partial charge in [0, 0.05) is 33.1 Å². The second-order valence-corrected chi connectivity index (χ2v) is 17.4. The van der Waals surface area contributed by atoms with E-state index >= 15 is 0 Å². The number of aliphatic carboxylic acids is 1. The van der Waals surface area contributed by atoms with Gasteiger partial charge >= 0.3 is 5.97 Å². The summed E-state index contributed by atoms with van der Waals surface area (Å²) in [5.41, 5.74) is 10.9. The van der Waals surface area contributed by atoms with Gasteiger partial charge in [0.25, 0.3) is 0 Å². The summed E-state index contributed by atoms with van der Waals surface area (Å²) in [4.78, 5) is 140. The second-order valence-electron chi connectivity index (χ2n) is 17.4. The summed E-state index contributed by atoms with van der Waals surface area (Å²) in [7, 11) is 0. The molecule has 6 atom stereocenters. The highest BCUT2D eigenvalue weighted by Gasteiger charge is 2.42. The summed E-state index contributed by atoms with van der Waals surface area (Å²) >= 11 is 0. The highest BCUT2D eigenvalue weighted by atomic mass is 16.4. The number of hydrogen-bond acceptors (Lipinski definition) is 11. The van der Waals surface area contributed by atoms with E-state index in [1.165, 1.54) is 23.6 Å². The van der Waals surface area contributed by atoms with E-state index in [4.69, 9.17) is 11.5 Å². The molecule has 0 bridgehead atoms. The van der Waals surface area contributed by atoms with Crippen LogP contribution in [0.15, 0.2) is 4.99 Å². The highest BCUT2D eigenvalue weighted by molar-refractivity contribution is 5.98. The predicted octanol–water partition coefficient (Wildman–Crippen LogP) is -2.30. The second kappa shape index (κ2) is 28.0. The average molecular weight is 921 g/mol. The van der Waals surface area contributed by atoms with E-state index in [0.29, 0.717) is 38.6 Å². The smallest absolute Gasteiger partial charge is 0.305 e. The van der Waals surface area contributed by atoms with Crippen LogP contribution in [-0.2, 0) is 47.9 Å². The van der Waals surface area contributed by atoms with Gasteiger partial charge in [-0.2, -0.15) is 0 Å². The number of amides is 9. The maximum atomic E-state index is 14.5. The Hall–Kier alpha value is -6.03. The number of guanidine groups is 1. The third kappa shape index (κ3) is 20.1. The van der Waals surface area contributed by atoms with E-state index in [1.807, 2.05) is 13.8 Å². The van der Waals surface area contributed by atoms with Crippen LogP contribution in [-0.4, -0.2) is 156 Å². The van der Waals surface area contributed by atoms with Gasteiger partial charge in [-0.1, -0.05) is 40.5 Å². The average Bonchev–Trinajstić information content (AvgIpc) is 3.71. The Kier molecular flexibility index (Phi) is 23.7. The Morgan fingerprint density at radius 3 is 1.91 bits per heavy atom. The molecule has 0 aromatic carbocycles. The normalized spacial score (nSPS) is 23.6. The van der Waals surface area contributed by atoms with Crippen molar-refractivity contribution in [3.63, 3.8) is 0 Å². The van der Waals surface area contributed by atoms with Crippen molar-refractivity contribution >= 4 is 65.1 Å². The first kappa shape index (κ1) is 55.1. The number of carboxylic acids is 1. The van der Waals surface area contributed by atoms with Gasteiger partial charge in [0.15, 0.2) is 5.96 Å². The van der Waals surface area contributed by atoms with Crippen LogP contribution in [0.2, 0.25) is 0 Å². The molecule has 23 heteroatoms. The van der Waals surface area contributed by atoms with Gasteiger partial charge in [-0.15, -0.1) is 0 Å². The number of nitrogens with two attached hydrogens (primary N) is 2. The van der Waals surface area contributed by atoms with Crippen molar-refractivity contribution in [1.29, 1.82) is 0 Å². The van der Waals surface area contributed by atoms with Crippen LogP contribution >= 0.6 is 0 Å². The van der Waals surface area contributed by atoms with Crippen molar-refractivity contribution in [2.75, 3.05) is 39.3 Å². The minimum Gasteiger partial charge on any atom is -0.481 e. The fourth-order valence-corrected chi connectivity index (χ4v) is 7.53. The summed E-state index contributed by atoms with van der Waals surface area (Å²) < 4.78 is 0. The molecule has 0 unspecified atom stereocenters. The maximum Gasteiger partial charge on any atom is 0.305 e. The van der Waals surface area contributed by atoms with Crippen LogP contribution in [0.3, 0.4) is 0 Å². The minimum atomic E-state index is -1.69. The number of rotatable bonds is 17. The van der Waals surface area contributed by atoms with Crippen molar-refractivity contribution in [2.24, 2.45) is 28.3 Å². The molecule has 0 aromatic rings. The topological polar surface area (TPSA) is 346 Å². The molecule has 23 nitrogen and oxygen atoms in total. The summed E-state index contributed by atoms with van der Waals surface area (Å²) in [5, 5.41) is 27.5. The molecule has 2 heterocycles. The van der Waals surface area contributed by atoms with E-state index in [2.05, 4.69) is 42.2 Å². The molecule has 366 valence electrons. The van der Waals surface area contributed by atoms with Gasteiger partial charge in [-0.25, -0.2) is 0 Å². The lowest BCUT2D eigenvalue weighted by atomic mass is 10.0. The maximum absolute atomic E-state index is 14.5. The van der Waals surface area contributed by atoms with E-state index in [0.717, 1.165) is 0 Å². The van der Waals surface area contributed by atoms with Gasteiger partial charge in [0.2, 0.25) is 53.2 Å². The van der Waals surface area contributed by atoms with Crippen molar-refractivity contribution in [1.82, 2.24) is 47.0 Å². The van der Waals surface area contributed by atoms with Crippen molar-refractivity contribution in [3.8, 4) is 0 Å². The first-order valence-electron chi connectivity index (χ1n) is 22.5. The van der Waals surface area contributed by atoms with Crippen LogP contribution in [0.1, 0.15) is 112 Å². The number of unbranched alkanes of at least 4 members (excludes halogenated alkanes) is 3. The number of carboxylic acid groups (broad SMARTS) is 1. The molecule has 12 N–H and O–H groups in total. The Labute approximate surface area is 380 Å². The molecule has 0 spiro atoms. The molecule has 9 amide bonds. The lowest BCUT2D eigenvalue weighted by molar-refractivity contribution is -0.149. The first-order valence-corrected chi connectivity index (χ1v) is 22.5. The molecule has 2 aliphatic heterocycles. The third-order valence-corrected chi connectivity index (χ3v) is 10.8. The van der Waals surface area contributed by atoms with Crippen LogP contribution in [0.4, 0.5) is 0 Å². The Balaban J connectivity index is 2.59. The van der Waals surface area contributed by atoms with Crippen LogP contribution < -0.4 is 48.7 Å². The fourth-order valence-electron chi connectivity index (χ4n) is 7.53. The molecular weight excluding hydrogens is 849 g/mol. The monoisotopic (exact) mass is 921 g/mol. The number of nitrogens with one attached hydrogen (secondary N) is 7. The van der Waals surface area contributed by atoms with E-state index in [1.54, 1.807) is 13.8 Å². The molecule has 2 aliphatic rings. The summed E-state index contributed by atoms with van der Waals surface area (Å²) in [6, 6.07) is -7.54. The quantitative estimate of drug-likeness (QED) is 0.0418. The molecule has 2 fully saturated rings. The standard InChI is InChI=1S/C42H72N12O11/c1-24(2)19-29-38(62)51-28(13-11-16-46-42(43)44)37(61)48-23-34(57)50-30(21-35(58)59)39(63)52-31(20-25(3)4)40(64)54-18-12-14-32(54)41(65)53(17-10-8-7-9-15-45-27(6)55)26(5)36(60)47-22-33(56)49-29/h24-26,28-32H,7-23H2,1-6H3,(H,45,55)(H,47,60)(H,48,61)(H,49,56)(H,50,57)(H,51,62)(H,52,63)(H,58,59)(H4,43,44,46)/t26-,28-,29-,30-,31-,32+/m0/s1. The van der Waals surface area contributed by atoms with Crippen molar-refractivity contribution in [3.05, 3.63) is 0 Å². The van der Waals surface area contributed by atoms with Crippen LogP contribution in [0, 0.1) is 11.8 Å². The number of aliphatic imine (C=N–C) groups is 1. The van der Waals surface area contributed by atoms with Crippen molar-refractivity contribution in [2.45, 2.75) is 148 Å². The molecular formula is C42H72N12O11. The molecule has 0 saturated carbocycles. The summed E-state index contributed by atoms with van der Waals surface area (Å²) in [6.07, 6.45) is 2.68. The minimum absolute atomic E-state index is 0.0221. The van der Waals surface area contributed by atoms with E-state index < -0.39 is 109 Å². The van der Waals surface area contributed by atoms with E-state index in [9.17, 15) is 53.1 Å². The molecule has 2 rings (SSSR count). The zero-order chi connectivity index (χ0) is 48.8. The first-order chi connectivity index (χ1) is 30.6. The van der Waals surface area contributed by atoms with Gasteiger partial charge in [-0.3, -0.25) is 52.9 Å². The largest absolute Gasteiger partial charge is 0.481 e.